The Kier molecular flexibility index (Phi) is 4.24. The molecule has 0 saturated heterocycles. The lowest BCUT2D eigenvalue weighted by Crippen LogP contribution is -2.16. The fraction of sp³-hybridized carbons (Fsp3) is 0.400. The molecule has 0 saturated carbocycles. The van der Waals surface area contributed by atoms with Crippen molar-refractivity contribution in [1.29, 1.82) is 0 Å². The van der Waals surface area contributed by atoms with Crippen LogP contribution in [-0.4, -0.2) is 19.7 Å². The van der Waals surface area contributed by atoms with Crippen LogP contribution in [0.15, 0.2) is 30.4 Å². The quantitative estimate of drug-likeness (QED) is 0.458. The van der Waals surface area contributed by atoms with Gasteiger partial charge in [0.05, 0.1) is 7.85 Å². The van der Waals surface area contributed by atoms with E-state index in [1.165, 1.54) is 6.42 Å². The van der Waals surface area contributed by atoms with E-state index in [-0.39, 0.29) is 18.2 Å². The van der Waals surface area contributed by atoms with Gasteiger partial charge in [0, 0.05) is 5.56 Å². The average Bonchev–Trinajstić information content (AvgIpc) is 2.41. The minimum atomic E-state index is -0.0396. The van der Waals surface area contributed by atoms with Crippen molar-refractivity contribution < 1.29 is 9.53 Å². The van der Waals surface area contributed by atoms with Crippen LogP contribution < -0.4 is 4.74 Å². The van der Waals surface area contributed by atoms with Crippen molar-refractivity contribution in [3.63, 3.8) is 0 Å². The minimum Gasteiger partial charge on any atom is -0.486 e. The molecule has 3 heteroatoms. The molecule has 0 spiro atoms. The second kappa shape index (κ2) is 5.90. The van der Waals surface area contributed by atoms with Crippen molar-refractivity contribution in [1.82, 2.24) is 0 Å². The first kappa shape index (κ1) is 12.9. The van der Waals surface area contributed by atoms with Gasteiger partial charge in [-0.05, 0) is 62.3 Å². The molecule has 0 aliphatic heterocycles. The lowest BCUT2D eigenvalue weighted by atomic mass is 9.95. The summed E-state index contributed by atoms with van der Waals surface area (Å²) >= 11 is 0. The van der Waals surface area contributed by atoms with Gasteiger partial charge in [0.25, 0.3) is 0 Å². The summed E-state index contributed by atoms with van der Waals surface area (Å²) in [4.78, 5) is 11.5. The van der Waals surface area contributed by atoms with Crippen LogP contribution in [0.1, 0.15) is 35.2 Å². The number of hydrogen-bond donors (Lipinski definition) is 0. The molecule has 92 valence electrons. The molecule has 1 unspecified atom stereocenters. The second-order valence-corrected chi connectivity index (χ2v) is 4.62. The molecule has 0 fully saturated rings. The summed E-state index contributed by atoms with van der Waals surface area (Å²) in [6.07, 6.45) is 7.85. The number of benzene rings is 1. The van der Waals surface area contributed by atoms with E-state index in [2.05, 4.69) is 12.2 Å². The van der Waals surface area contributed by atoms with Crippen LogP contribution in [0.3, 0.4) is 0 Å². The zero-order chi connectivity index (χ0) is 13.0. The largest absolute Gasteiger partial charge is 0.486 e. The average molecular weight is 240 g/mol. The van der Waals surface area contributed by atoms with Crippen LogP contribution in [0, 0.1) is 6.92 Å². The Balaban J connectivity index is 2.12. The van der Waals surface area contributed by atoms with Crippen LogP contribution in [0.2, 0.25) is 6.32 Å². The van der Waals surface area contributed by atoms with Crippen LogP contribution >= 0.6 is 0 Å². The molecule has 0 N–H and O–H groups in total. The Morgan fingerprint density at radius 3 is 2.94 bits per heavy atom. The van der Waals surface area contributed by atoms with Crippen LogP contribution in [0.4, 0.5) is 0 Å². The molecule has 1 aliphatic carbocycles. The molecule has 1 aliphatic rings. The van der Waals surface area contributed by atoms with E-state index < -0.39 is 0 Å². The SMILES string of the molecule is [B]CC(=O)c1ccc(OC2C=CCCC2)c(C)c1. The maximum atomic E-state index is 11.5. The molecule has 2 nitrogen and oxygen atoms in total. The lowest BCUT2D eigenvalue weighted by Gasteiger charge is -2.20. The van der Waals surface area contributed by atoms with E-state index in [0.717, 1.165) is 24.2 Å². The molecule has 1 aromatic rings. The highest BCUT2D eigenvalue weighted by atomic mass is 16.5. The Morgan fingerprint density at radius 1 is 1.50 bits per heavy atom. The summed E-state index contributed by atoms with van der Waals surface area (Å²) in [5.74, 6) is 0.808. The first-order chi connectivity index (χ1) is 8.70. The number of carbonyl (C=O) groups is 1. The summed E-state index contributed by atoms with van der Waals surface area (Å²) in [7, 11) is 5.35. The molecule has 18 heavy (non-hydrogen) atoms. The molecule has 2 radical (unpaired) electrons. The van der Waals surface area contributed by atoms with Gasteiger partial charge in [0.15, 0.2) is 5.78 Å². The van der Waals surface area contributed by atoms with Gasteiger partial charge in [-0.2, -0.15) is 0 Å². The molecule has 0 aromatic heterocycles. The molecular weight excluding hydrogens is 223 g/mol. The third-order valence-corrected chi connectivity index (χ3v) is 3.17. The number of ketones is 1. The molecule has 1 aromatic carbocycles. The molecule has 0 amide bonds. The fourth-order valence-corrected chi connectivity index (χ4v) is 2.12. The van der Waals surface area contributed by atoms with Crippen molar-refractivity contribution >= 4 is 13.6 Å². The van der Waals surface area contributed by atoms with Crippen molar-refractivity contribution in [2.75, 3.05) is 0 Å². The predicted octanol–water partition coefficient (Wildman–Crippen LogP) is 3.25. The van der Waals surface area contributed by atoms with Gasteiger partial charge in [-0.25, -0.2) is 0 Å². The Hall–Kier alpha value is -1.51. The second-order valence-electron chi connectivity index (χ2n) is 4.62. The molecule has 1 atom stereocenters. The number of rotatable bonds is 4. The van der Waals surface area contributed by atoms with E-state index in [1.807, 2.05) is 19.1 Å². The van der Waals surface area contributed by atoms with Gasteiger partial charge in [-0.1, -0.05) is 6.08 Å². The maximum Gasteiger partial charge on any atom is 0.154 e. The highest BCUT2D eigenvalue weighted by Crippen LogP contribution is 2.24. The highest BCUT2D eigenvalue weighted by molar-refractivity contribution is 6.24. The number of ether oxygens (including phenoxy) is 1. The molecule has 0 bridgehead atoms. The van der Waals surface area contributed by atoms with Gasteiger partial charge in [-0.3, -0.25) is 4.79 Å². The highest BCUT2D eigenvalue weighted by Gasteiger charge is 2.12. The number of Topliss-reactive ketones (excluding diaryl/α,β-unsaturated/α-hetero) is 1. The number of allylic oxidation sites excluding steroid dienone is 1. The number of aryl methyl sites for hydroxylation is 1. The number of hydrogen-bond acceptors (Lipinski definition) is 2. The smallest absolute Gasteiger partial charge is 0.154 e. The number of carbonyl (C=O) groups excluding carboxylic acids is 1. The topological polar surface area (TPSA) is 26.3 Å². The lowest BCUT2D eigenvalue weighted by molar-refractivity contribution is 0.101. The van der Waals surface area contributed by atoms with Gasteiger partial charge >= 0.3 is 0 Å². The van der Waals surface area contributed by atoms with Gasteiger partial charge in [-0.15, -0.1) is 0 Å². The zero-order valence-corrected chi connectivity index (χ0v) is 10.7. The van der Waals surface area contributed by atoms with Crippen molar-refractivity contribution in [3.05, 3.63) is 41.5 Å². The zero-order valence-electron chi connectivity index (χ0n) is 10.7. The van der Waals surface area contributed by atoms with Crippen molar-refractivity contribution in [2.24, 2.45) is 0 Å². The van der Waals surface area contributed by atoms with Crippen molar-refractivity contribution in [3.8, 4) is 5.75 Å². The molecule has 2 rings (SSSR count). The first-order valence-corrected chi connectivity index (χ1v) is 6.38. The van der Waals surface area contributed by atoms with E-state index in [9.17, 15) is 4.79 Å². The van der Waals surface area contributed by atoms with E-state index in [0.29, 0.717) is 5.56 Å². The fourth-order valence-electron chi connectivity index (χ4n) is 2.12. The van der Waals surface area contributed by atoms with Crippen LogP contribution in [0.5, 0.6) is 5.75 Å². The van der Waals surface area contributed by atoms with E-state index in [4.69, 9.17) is 12.6 Å². The standard InChI is InChI=1S/C15H17BO2/c1-11-9-12(14(17)10-16)7-8-15(11)18-13-5-3-2-4-6-13/h3,5,7-9,13H,2,4,6,10H2,1H3. The van der Waals surface area contributed by atoms with Crippen LogP contribution in [0.25, 0.3) is 0 Å². The van der Waals surface area contributed by atoms with Gasteiger partial charge in [0.2, 0.25) is 0 Å². The van der Waals surface area contributed by atoms with E-state index in [1.54, 1.807) is 6.07 Å². The van der Waals surface area contributed by atoms with Crippen LogP contribution in [-0.2, 0) is 0 Å². The Bertz CT molecular complexity index is 466. The third kappa shape index (κ3) is 3.03. The van der Waals surface area contributed by atoms with Crippen molar-refractivity contribution in [2.45, 2.75) is 38.6 Å². The molecular formula is C15H17BO2. The maximum absolute atomic E-state index is 11.5. The Morgan fingerprint density at radius 2 is 2.33 bits per heavy atom. The summed E-state index contributed by atoms with van der Waals surface area (Å²) in [6.45, 7) is 1.95. The minimum absolute atomic E-state index is 0.0396. The first-order valence-electron chi connectivity index (χ1n) is 6.38. The summed E-state index contributed by atoms with van der Waals surface area (Å²) in [5, 5.41) is 0. The molecule has 0 heterocycles. The summed E-state index contributed by atoms with van der Waals surface area (Å²) in [5.41, 5.74) is 1.63. The normalized spacial score (nSPS) is 18.6. The predicted molar refractivity (Wildman–Crippen MR) is 73.5 cm³/mol. The van der Waals surface area contributed by atoms with Gasteiger partial charge in [0.1, 0.15) is 11.9 Å². The third-order valence-electron chi connectivity index (χ3n) is 3.17. The van der Waals surface area contributed by atoms with E-state index >= 15 is 0 Å². The summed E-state index contributed by atoms with van der Waals surface area (Å²) < 4.78 is 5.93. The Labute approximate surface area is 109 Å². The summed E-state index contributed by atoms with van der Waals surface area (Å²) in [6, 6.07) is 5.49. The van der Waals surface area contributed by atoms with Gasteiger partial charge < -0.3 is 4.74 Å². The monoisotopic (exact) mass is 240 g/mol.